The van der Waals surface area contributed by atoms with Crippen molar-refractivity contribution in [2.75, 3.05) is 0 Å². The van der Waals surface area contributed by atoms with E-state index in [1.807, 2.05) is 0 Å². The highest BCUT2D eigenvalue weighted by Crippen LogP contribution is 2.57. The SMILES string of the molecule is CC1CC2C(Br)CCCC2C1[Si](C)(C)C. The highest BCUT2D eigenvalue weighted by atomic mass is 79.9. The summed E-state index contributed by atoms with van der Waals surface area (Å²) in [6.45, 7) is 10.2. The van der Waals surface area contributed by atoms with E-state index in [4.69, 9.17) is 0 Å². The van der Waals surface area contributed by atoms with Gasteiger partial charge in [-0.3, -0.25) is 0 Å². The number of hydrogen-bond donors (Lipinski definition) is 0. The molecule has 0 aromatic heterocycles. The summed E-state index contributed by atoms with van der Waals surface area (Å²) in [5, 5.41) is 0. The van der Waals surface area contributed by atoms with Gasteiger partial charge in [-0.25, -0.2) is 0 Å². The number of fused-ring (bicyclic) bond motifs is 1. The van der Waals surface area contributed by atoms with Gasteiger partial charge in [0.25, 0.3) is 0 Å². The Morgan fingerprint density at radius 3 is 2.33 bits per heavy atom. The molecule has 0 N–H and O–H groups in total. The summed E-state index contributed by atoms with van der Waals surface area (Å²) in [6, 6.07) is 0. The molecule has 2 rings (SSSR count). The molecule has 15 heavy (non-hydrogen) atoms. The first kappa shape index (κ1) is 12.2. The van der Waals surface area contributed by atoms with Crippen molar-refractivity contribution in [1.82, 2.24) is 0 Å². The van der Waals surface area contributed by atoms with Gasteiger partial charge >= 0.3 is 0 Å². The lowest BCUT2D eigenvalue weighted by Gasteiger charge is -2.38. The van der Waals surface area contributed by atoms with Crippen LogP contribution in [0.1, 0.15) is 32.6 Å². The van der Waals surface area contributed by atoms with Crippen LogP contribution < -0.4 is 0 Å². The lowest BCUT2D eigenvalue weighted by Crippen LogP contribution is -2.36. The van der Waals surface area contributed by atoms with Crippen LogP contribution in [0.5, 0.6) is 0 Å². The van der Waals surface area contributed by atoms with Gasteiger partial charge in [0.1, 0.15) is 0 Å². The topological polar surface area (TPSA) is 0 Å². The predicted octanol–water partition coefficient (Wildman–Crippen LogP) is 4.91. The molecule has 0 saturated heterocycles. The van der Waals surface area contributed by atoms with Crippen LogP contribution in [-0.4, -0.2) is 12.9 Å². The first-order chi connectivity index (χ1) is 6.91. The third kappa shape index (κ3) is 2.22. The average Bonchev–Trinajstić information content (AvgIpc) is 2.41. The van der Waals surface area contributed by atoms with Crippen molar-refractivity contribution in [2.24, 2.45) is 17.8 Å². The lowest BCUT2D eigenvalue weighted by molar-refractivity contribution is 0.288. The Morgan fingerprint density at radius 2 is 1.73 bits per heavy atom. The smallest absolute Gasteiger partial charge is 0.0479 e. The van der Waals surface area contributed by atoms with Gasteiger partial charge in [0.05, 0.1) is 0 Å². The first-order valence-corrected chi connectivity index (χ1v) is 11.0. The molecule has 0 aromatic carbocycles. The van der Waals surface area contributed by atoms with Gasteiger partial charge in [-0.1, -0.05) is 55.3 Å². The van der Waals surface area contributed by atoms with Crippen LogP contribution in [-0.2, 0) is 0 Å². The van der Waals surface area contributed by atoms with Crippen LogP contribution in [0.4, 0.5) is 0 Å². The largest absolute Gasteiger partial charge is 0.0888 e. The van der Waals surface area contributed by atoms with Gasteiger partial charge in [-0.15, -0.1) is 0 Å². The molecule has 0 bridgehead atoms. The quantitative estimate of drug-likeness (QED) is 0.475. The van der Waals surface area contributed by atoms with E-state index in [0.29, 0.717) is 0 Å². The molecule has 0 aromatic rings. The Bertz CT molecular complexity index is 233. The van der Waals surface area contributed by atoms with Crippen molar-refractivity contribution in [3.8, 4) is 0 Å². The minimum absolute atomic E-state index is 0.833. The van der Waals surface area contributed by atoms with Crippen LogP contribution >= 0.6 is 15.9 Å². The molecule has 2 fully saturated rings. The molecule has 2 aliphatic rings. The monoisotopic (exact) mass is 288 g/mol. The zero-order valence-electron chi connectivity index (χ0n) is 10.6. The normalized spacial score (nSPS) is 46.6. The van der Waals surface area contributed by atoms with Crippen LogP contribution in [0.25, 0.3) is 0 Å². The maximum Gasteiger partial charge on any atom is 0.0479 e. The minimum atomic E-state index is -0.946. The van der Waals surface area contributed by atoms with Crippen molar-refractivity contribution >= 4 is 24.0 Å². The molecule has 0 aliphatic heterocycles. The molecular weight excluding hydrogens is 264 g/mol. The van der Waals surface area contributed by atoms with Gasteiger partial charge in [-0.2, -0.15) is 0 Å². The summed E-state index contributed by atoms with van der Waals surface area (Å²) in [4.78, 5) is 0.833. The van der Waals surface area contributed by atoms with Crippen molar-refractivity contribution in [1.29, 1.82) is 0 Å². The molecule has 0 heterocycles. The van der Waals surface area contributed by atoms with E-state index in [0.717, 1.165) is 28.1 Å². The molecule has 0 radical (unpaired) electrons. The van der Waals surface area contributed by atoms with Crippen LogP contribution in [0.3, 0.4) is 0 Å². The number of halogens is 1. The molecule has 2 aliphatic carbocycles. The lowest BCUT2D eigenvalue weighted by atomic mass is 9.81. The molecule has 0 nitrogen and oxygen atoms in total. The molecule has 88 valence electrons. The Hall–Kier alpha value is 0.697. The zero-order valence-corrected chi connectivity index (χ0v) is 13.2. The predicted molar refractivity (Wildman–Crippen MR) is 74.4 cm³/mol. The maximum atomic E-state index is 3.93. The van der Waals surface area contributed by atoms with Gasteiger partial charge in [0.2, 0.25) is 0 Å². The molecule has 5 unspecified atom stereocenters. The second kappa shape index (κ2) is 4.18. The highest BCUT2D eigenvalue weighted by Gasteiger charge is 2.49. The minimum Gasteiger partial charge on any atom is -0.0888 e. The van der Waals surface area contributed by atoms with Crippen molar-refractivity contribution in [3.05, 3.63) is 0 Å². The van der Waals surface area contributed by atoms with E-state index in [2.05, 4.69) is 42.5 Å². The van der Waals surface area contributed by atoms with Gasteiger partial charge in [0, 0.05) is 12.9 Å². The Kier molecular flexibility index (Phi) is 3.39. The molecular formula is C13H25BrSi. The van der Waals surface area contributed by atoms with Crippen LogP contribution in [0.15, 0.2) is 0 Å². The second-order valence-corrected chi connectivity index (χ2v) is 13.5. The van der Waals surface area contributed by atoms with E-state index in [1.54, 1.807) is 0 Å². The summed E-state index contributed by atoms with van der Waals surface area (Å²) in [5.41, 5.74) is 1.09. The van der Waals surface area contributed by atoms with E-state index in [-0.39, 0.29) is 0 Å². The Labute approximate surface area is 104 Å². The summed E-state index contributed by atoms with van der Waals surface area (Å²) in [5.74, 6) is 3.06. The Balaban J connectivity index is 2.19. The standard InChI is InChI=1S/C13H25BrSi/c1-9-8-11-10(6-5-7-12(11)14)13(9)15(2,3)4/h9-13H,5-8H2,1-4H3. The van der Waals surface area contributed by atoms with Crippen molar-refractivity contribution in [2.45, 2.75) is 62.6 Å². The van der Waals surface area contributed by atoms with Crippen LogP contribution in [0, 0.1) is 17.8 Å². The van der Waals surface area contributed by atoms with E-state index in [1.165, 1.54) is 25.7 Å². The molecule has 2 saturated carbocycles. The van der Waals surface area contributed by atoms with E-state index in [9.17, 15) is 0 Å². The van der Waals surface area contributed by atoms with Gasteiger partial charge < -0.3 is 0 Å². The van der Waals surface area contributed by atoms with Crippen LogP contribution in [0.2, 0.25) is 25.2 Å². The maximum absolute atomic E-state index is 3.93. The summed E-state index contributed by atoms with van der Waals surface area (Å²) in [7, 11) is -0.946. The fourth-order valence-corrected chi connectivity index (χ4v) is 8.98. The van der Waals surface area contributed by atoms with Gasteiger partial charge in [-0.05, 0) is 36.1 Å². The third-order valence-electron chi connectivity index (χ3n) is 4.75. The fraction of sp³-hybridized carbons (Fsp3) is 1.00. The van der Waals surface area contributed by atoms with Gasteiger partial charge in [0.15, 0.2) is 0 Å². The number of alkyl halides is 1. The summed E-state index contributed by atoms with van der Waals surface area (Å²) < 4.78 is 0. The number of hydrogen-bond acceptors (Lipinski definition) is 0. The number of rotatable bonds is 1. The highest BCUT2D eigenvalue weighted by molar-refractivity contribution is 9.09. The average molecular weight is 289 g/mol. The molecule has 2 heteroatoms. The molecule has 5 atom stereocenters. The summed E-state index contributed by atoms with van der Waals surface area (Å²) in [6.07, 6.45) is 5.90. The second-order valence-electron chi connectivity index (χ2n) is 6.88. The molecule has 0 spiro atoms. The van der Waals surface area contributed by atoms with Crippen molar-refractivity contribution in [3.63, 3.8) is 0 Å². The molecule has 0 amide bonds. The summed E-state index contributed by atoms with van der Waals surface area (Å²) >= 11 is 3.93. The Morgan fingerprint density at radius 1 is 1.07 bits per heavy atom. The zero-order chi connectivity index (χ0) is 11.2. The van der Waals surface area contributed by atoms with E-state index >= 15 is 0 Å². The van der Waals surface area contributed by atoms with Crippen molar-refractivity contribution < 1.29 is 0 Å². The fourth-order valence-electron chi connectivity index (χ4n) is 4.51. The van der Waals surface area contributed by atoms with E-state index < -0.39 is 8.07 Å². The third-order valence-corrected chi connectivity index (χ3v) is 8.88. The first-order valence-electron chi connectivity index (χ1n) is 6.55.